The highest BCUT2D eigenvalue weighted by molar-refractivity contribution is 7.92. The third-order valence-corrected chi connectivity index (χ3v) is 5.43. The molecule has 0 saturated carbocycles. The van der Waals surface area contributed by atoms with Crippen LogP contribution in [0.5, 0.6) is 0 Å². The molecule has 0 aliphatic rings. The number of nitrogens with one attached hydrogen (secondary N) is 2. The minimum absolute atomic E-state index is 0.0290. The van der Waals surface area contributed by atoms with Gasteiger partial charge >= 0.3 is 0 Å². The van der Waals surface area contributed by atoms with Gasteiger partial charge in [-0.25, -0.2) is 13.8 Å². The second-order valence-electron chi connectivity index (χ2n) is 6.20. The van der Waals surface area contributed by atoms with Gasteiger partial charge in [0.25, 0.3) is 15.9 Å². The summed E-state index contributed by atoms with van der Waals surface area (Å²) in [6.45, 7) is 5.94. The average molecular weight is 408 g/mol. The van der Waals surface area contributed by atoms with Gasteiger partial charge in [0.15, 0.2) is 0 Å². The summed E-state index contributed by atoms with van der Waals surface area (Å²) >= 11 is 5.88. The van der Waals surface area contributed by atoms with Crippen LogP contribution in [-0.2, 0) is 10.0 Å². The molecular weight excluding hydrogens is 386 g/mol. The van der Waals surface area contributed by atoms with E-state index in [4.69, 9.17) is 11.6 Å². The van der Waals surface area contributed by atoms with E-state index < -0.39 is 15.9 Å². The lowest BCUT2D eigenvalue weighted by molar-refractivity contribution is 0.0954. The average Bonchev–Trinajstić information content (AvgIpc) is 2.61. The van der Waals surface area contributed by atoms with Crippen molar-refractivity contribution in [1.29, 1.82) is 0 Å². The van der Waals surface area contributed by atoms with E-state index >= 15 is 0 Å². The van der Waals surface area contributed by atoms with Gasteiger partial charge in [0, 0.05) is 16.3 Å². The summed E-state index contributed by atoms with van der Waals surface area (Å²) < 4.78 is 27.6. The molecule has 1 amide bonds. The molecule has 0 unspecified atom stereocenters. The fourth-order valence-corrected chi connectivity index (χ4v) is 3.66. The molecule has 2 rings (SSSR count). The quantitative estimate of drug-likeness (QED) is 0.530. The van der Waals surface area contributed by atoms with Crippen molar-refractivity contribution in [2.45, 2.75) is 32.1 Å². The van der Waals surface area contributed by atoms with Crippen LogP contribution >= 0.6 is 11.6 Å². The second kappa shape index (κ2) is 9.01. The smallest absolute Gasteiger partial charge is 0.271 e. The van der Waals surface area contributed by atoms with E-state index in [1.165, 1.54) is 30.3 Å². The Morgan fingerprint density at radius 1 is 1.15 bits per heavy atom. The highest BCUT2D eigenvalue weighted by atomic mass is 35.5. The summed E-state index contributed by atoms with van der Waals surface area (Å²) in [5.41, 5.74) is 3.88. The van der Waals surface area contributed by atoms with Crippen molar-refractivity contribution < 1.29 is 13.2 Å². The fourth-order valence-electron chi connectivity index (χ4n) is 2.37. The van der Waals surface area contributed by atoms with Crippen LogP contribution in [-0.4, -0.2) is 20.0 Å². The minimum Gasteiger partial charge on any atom is -0.280 e. The zero-order valence-corrected chi connectivity index (χ0v) is 16.9. The topological polar surface area (TPSA) is 87.6 Å². The van der Waals surface area contributed by atoms with Gasteiger partial charge in [-0.05, 0) is 48.7 Å². The van der Waals surface area contributed by atoms with Crippen LogP contribution in [0.4, 0.5) is 5.69 Å². The van der Waals surface area contributed by atoms with Crippen LogP contribution in [0.3, 0.4) is 0 Å². The van der Waals surface area contributed by atoms with Crippen LogP contribution in [0, 0.1) is 5.92 Å². The van der Waals surface area contributed by atoms with Crippen LogP contribution in [0.2, 0.25) is 5.02 Å². The molecule has 0 aliphatic carbocycles. The maximum atomic E-state index is 12.6. The molecule has 27 heavy (non-hydrogen) atoms. The van der Waals surface area contributed by atoms with Gasteiger partial charge in [0.05, 0.1) is 10.6 Å². The molecule has 2 aromatic rings. The van der Waals surface area contributed by atoms with E-state index in [2.05, 4.69) is 15.2 Å². The molecule has 0 spiro atoms. The maximum absolute atomic E-state index is 12.6. The lowest BCUT2D eigenvalue weighted by Gasteiger charge is -2.10. The Bertz CT molecular complexity index is 956. The Kier molecular flexibility index (Phi) is 6.98. The van der Waals surface area contributed by atoms with Gasteiger partial charge < -0.3 is 0 Å². The number of nitrogens with zero attached hydrogens (tertiary/aromatic N) is 1. The summed E-state index contributed by atoms with van der Waals surface area (Å²) in [6.07, 6.45) is 0.718. The number of carbonyl (C=O) groups is 1. The summed E-state index contributed by atoms with van der Waals surface area (Å²) in [6, 6.07) is 12.1. The second-order valence-corrected chi connectivity index (χ2v) is 8.31. The summed E-state index contributed by atoms with van der Waals surface area (Å²) in [7, 11) is -3.86. The minimum atomic E-state index is -3.86. The molecule has 0 bridgehead atoms. The molecule has 0 atom stereocenters. The molecule has 0 fully saturated rings. The van der Waals surface area contributed by atoms with E-state index in [9.17, 15) is 13.2 Å². The lowest BCUT2D eigenvalue weighted by Crippen LogP contribution is -2.22. The molecule has 0 heterocycles. The Morgan fingerprint density at radius 3 is 2.48 bits per heavy atom. The van der Waals surface area contributed by atoms with Crippen LogP contribution in [0.25, 0.3) is 0 Å². The number of rotatable bonds is 7. The molecular formula is C19H22ClN3O3S. The molecule has 2 aromatic carbocycles. The van der Waals surface area contributed by atoms with Crippen LogP contribution < -0.4 is 10.1 Å². The first-order valence-corrected chi connectivity index (χ1v) is 10.3. The number of amides is 1. The van der Waals surface area contributed by atoms with Gasteiger partial charge in [0.2, 0.25) is 0 Å². The third kappa shape index (κ3) is 5.80. The summed E-state index contributed by atoms with van der Waals surface area (Å²) in [5, 5.41) is 4.54. The van der Waals surface area contributed by atoms with Gasteiger partial charge in [-0.3, -0.25) is 9.52 Å². The summed E-state index contributed by atoms with van der Waals surface area (Å²) in [4.78, 5) is 12.3. The van der Waals surface area contributed by atoms with Crippen molar-refractivity contribution >= 4 is 38.9 Å². The van der Waals surface area contributed by atoms with E-state index in [1.54, 1.807) is 18.2 Å². The van der Waals surface area contributed by atoms with E-state index in [1.807, 2.05) is 20.8 Å². The van der Waals surface area contributed by atoms with Crippen molar-refractivity contribution in [1.82, 2.24) is 5.43 Å². The number of hydrogen-bond donors (Lipinski definition) is 2. The lowest BCUT2D eigenvalue weighted by atomic mass is 10.1. The highest BCUT2D eigenvalue weighted by Crippen LogP contribution is 2.20. The van der Waals surface area contributed by atoms with Gasteiger partial charge in [-0.1, -0.05) is 44.5 Å². The molecule has 144 valence electrons. The Hall–Kier alpha value is -2.38. The Balaban J connectivity index is 2.22. The van der Waals surface area contributed by atoms with E-state index in [-0.39, 0.29) is 16.4 Å². The number of anilines is 1. The molecule has 0 saturated heterocycles. The van der Waals surface area contributed by atoms with Crippen molar-refractivity contribution in [2.24, 2.45) is 11.0 Å². The van der Waals surface area contributed by atoms with Crippen molar-refractivity contribution in [3.05, 3.63) is 59.1 Å². The molecule has 0 aliphatic heterocycles. The van der Waals surface area contributed by atoms with E-state index in [0.717, 1.165) is 12.1 Å². The first-order chi connectivity index (χ1) is 12.7. The number of carbonyl (C=O) groups excluding carboxylic acids is 1. The fraction of sp³-hybridized carbons (Fsp3) is 0.263. The number of sulfonamides is 1. The van der Waals surface area contributed by atoms with Crippen molar-refractivity contribution in [3.8, 4) is 0 Å². The molecule has 0 aromatic heterocycles. The molecule has 8 heteroatoms. The molecule has 6 nitrogen and oxygen atoms in total. The third-order valence-electron chi connectivity index (χ3n) is 3.81. The van der Waals surface area contributed by atoms with Crippen molar-refractivity contribution in [2.75, 3.05) is 4.72 Å². The first-order valence-electron chi connectivity index (χ1n) is 8.48. The highest BCUT2D eigenvalue weighted by Gasteiger charge is 2.17. The van der Waals surface area contributed by atoms with Crippen LogP contribution in [0.15, 0.2) is 58.5 Å². The first kappa shape index (κ1) is 20.9. The van der Waals surface area contributed by atoms with Crippen LogP contribution in [0.1, 0.15) is 37.6 Å². The summed E-state index contributed by atoms with van der Waals surface area (Å²) in [5.74, 6) is -0.259. The normalized spacial score (nSPS) is 12.1. The number of benzene rings is 2. The standard InChI is InChI=1S/C19H22ClN3O3S/c1-4-18(13(2)3)21-22-19(24)14-7-5-10-17(11-14)27(25,26)23-16-9-6-8-15(20)12-16/h5-13,23H,4H2,1-3H3,(H,22,24)/b21-18-. The number of hydrogen-bond acceptors (Lipinski definition) is 4. The molecule has 0 radical (unpaired) electrons. The zero-order chi connectivity index (χ0) is 20.0. The monoisotopic (exact) mass is 407 g/mol. The van der Waals surface area contributed by atoms with Gasteiger partial charge in [-0.2, -0.15) is 5.10 Å². The van der Waals surface area contributed by atoms with Crippen molar-refractivity contribution in [3.63, 3.8) is 0 Å². The predicted molar refractivity (Wildman–Crippen MR) is 109 cm³/mol. The Morgan fingerprint density at radius 2 is 1.85 bits per heavy atom. The van der Waals surface area contributed by atoms with Gasteiger partial charge in [0.1, 0.15) is 0 Å². The predicted octanol–water partition coefficient (Wildman–Crippen LogP) is 4.29. The Labute approximate surface area is 164 Å². The molecule has 2 N–H and O–H groups in total. The number of hydrazone groups is 1. The van der Waals surface area contributed by atoms with E-state index in [0.29, 0.717) is 10.7 Å². The zero-order valence-electron chi connectivity index (χ0n) is 15.4. The number of halogens is 1. The van der Waals surface area contributed by atoms with Gasteiger partial charge in [-0.15, -0.1) is 0 Å². The maximum Gasteiger partial charge on any atom is 0.271 e. The largest absolute Gasteiger partial charge is 0.280 e. The SMILES string of the molecule is CC/C(=N/NC(=O)c1cccc(S(=O)(=O)Nc2cccc(Cl)c2)c1)C(C)C.